The molecule has 21 heavy (non-hydrogen) atoms. The highest BCUT2D eigenvalue weighted by Gasteiger charge is 2.03. The van der Waals surface area contributed by atoms with E-state index in [2.05, 4.69) is 55.4 Å². The summed E-state index contributed by atoms with van der Waals surface area (Å²) in [5.74, 6) is 1.29. The average Bonchev–Trinajstić information content (AvgIpc) is 2.46. The molecule has 0 unspecified atom stereocenters. The number of hydrogen-bond acceptors (Lipinski definition) is 5. The molecule has 2 N–H and O–H groups in total. The van der Waals surface area contributed by atoms with E-state index in [1.807, 2.05) is 0 Å². The van der Waals surface area contributed by atoms with E-state index in [4.69, 9.17) is 0 Å². The molecule has 0 radical (unpaired) electrons. The molecule has 1 heterocycles. The van der Waals surface area contributed by atoms with Gasteiger partial charge in [-0.2, -0.15) is 15.0 Å². The Kier molecular flexibility index (Phi) is 10.1. The summed E-state index contributed by atoms with van der Waals surface area (Å²) in [7, 11) is 0. The number of unbranched alkanes of at least 4 members (excludes halogenated alkanes) is 6. The molecule has 0 amide bonds. The summed E-state index contributed by atoms with van der Waals surface area (Å²) in [6.45, 7) is 6.25. The van der Waals surface area contributed by atoms with E-state index in [0.717, 1.165) is 25.9 Å². The highest BCUT2D eigenvalue weighted by Crippen LogP contribution is 2.11. The number of nitrogens with zero attached hydrogens (tertiary/aromatic N) is 3. The van der Waals surface area contributed by atoms with Gasteiger partial charge in [-0.3, -0.25) is 0 Å². The predicted octanol–water partition coefficient (Wildman–Crippen LogP) is 4.62. The van der Waals surface area contributed by atoms with Gasteiger partial charge in [0.15, 0.2) is 0 Å². The van der Waals surface area contributed by atoms with Crippen LogP contribution < -0.4 is 10.6 Å². The lowest BCUT2D eigenvalue weighted by atomic mass is 10.2. The van der Waals surface area contributed by atoms with Gasteiger partial charge in [-0.1, -0.05) is 52.4 Å². The van der Waals surface area contributed by atoms with Gasteiger partial charge in [0.25, 0.3) is 0 Å². The minimum atomic E-state index is 0.574. The molecule has 1 rings (SSSR count). The molecule has 0 bridgehead atoms. The van der Waals surface area contributed by atoms with Crippen molar-refractivity contribution in [2.45, 2.75) is 65.2 Å². The Labute approximate surface area is 136 Å². The number of halogens is 1. The monoisotopic (exact) mass is 357 g/mol. The molecule has 0 saturated heterocycles. The van der Waals surface area contributed by atoms with Crippen molar-refractivity contribution in [2.24, 2.45) is 0 Å². The van der Waals surface area contributed by atoms with Crippen molar-refractivity contribution in [1.29, 1.82) is 0 Å². The van der Waals surface area contributed by atoms with Gasteiger partial charge in [-0.05, 0) is 28.8 Å². The van der Waals surface area contributed by atoms with Gasteiger partial charge >= 0.3 is 0 Å². The third-order valence-electron chi connectivity index (χ3n) is 3.24. The number of rotatable bonds is 12. The largest absolute Gasteiger partial charge is 0.354 e. The first-order chi connectivity index (χ1) is 10.3. The molecule has 5 nitrogen and oxygen atoms in total. The SMILES string of the molecule is CCCCCCNc1nc(Br)nc(NCCCCCC)n1. The molecule has 0 fully saturated rings. The van der Waals surface area contributed by atoms with Crippen LogP contribution in [0.15, 0.2) is 4.73 Å². The molecule has 0 saturated carbocycles. The van der Waals surface area contributed by atoms with Crippen molar-refractivity contribution in [3.8, 4) is 0 Å². The van der Waals surface area contributed by atoms with Crippen LogP contribution >= 0.6 is 15.9 Å². The Bertz CT molecular complexity index is 354. The molecule has 0 spiro atoms. The molecule has 0 atom stereocenters. The van der Waals surface area contributed by atoms with E-state index in [0.29, 0.717) is 16.6 Å². The van der Waals surface area contributed by atoms with Crippen LogP contribution in [0, 0.1) is 0 Å². The third-order valence-corrected chi connectivity index (χ3v) is 3.59. The van der Waals surface area contributed by atoms with Crippen LogP contribution in [0.1, 0.15) is 65.2 Å². The zero-order valence-corrected chi connectivity index (χ0v) is 14.9. The van der Waals surface area contributed by atoms with Crippen LogP contribution in [0.5, 0.6) is 0 Å². The number of hydrogen-bond donors (Lipinski definition) is 2. The smallest absolute Gasteiger partial charge is 0.228 e. The highest BCUT2D eigenvalue weighted by atomic mass is 79.9. The van der Waals surface area contributed by atoms with E-state index >= 15 is 0 Å². The second kappa shape index (κ2) is 11.7. The van der Waals surface area contributed by atoms with Crippen molar-refractivity contribution in [1.82, 2.24) is 15.0 Å². The minimum absolute atomic E-state index is 0.574. The quantitative estimate of drug-likeness (QED) is 0.534. The maximum Gasteiger partial charge on any atom is 0.228 e. The van der Waals surface area contributed by atoms with Crippen LogP contribution in [0.3, 0.4) is 0 Å². The molecule has 6 heteroatoms. The second-order valence-electron chi connectivity index (χ2n) is 5.23. The van der Waals surface area contributed by atoms with E-state index in [9.17, 15) is 0 Å². The summed E-state index contributed by atoms with van der Waals surface area (Å²) in [6.07, 6.45) is 9.87. The highest BCUT2D eigenvalue weighted by molar-refractivity contribution is 9.10. The molecular formula is C15H28BrN5. The maximum absolute atomic E-state index is 4.39. The van der Waals surface area contributed by atoms with Crippen LogP contribution in [-0.2, 0) is 0 Å². The molecule has 1 aromatic heterocycles. The topological polar surface area (TPSA) is 62.7 Å². The van der Waals surface area contributed by atoms with Crippen molar-refractivity contribution >= 4 is 27.8 Å². The summed E-state index contributed by atoms with van der Waals surface area (Å²) in [5.41, 5.74) is 0. The van der Waals surface area contributed by atoms with Crippen molar-refractivity contribution in [3.63, 3.8) is 0 Å². The first-order valence-corrected chi connectivity index (χ1v) is 8.94. The Balaban J connectivity index is 2.32. The van der Waals surface area contributed by atoms with E-state index in [1.165, 1.54) is 38.5 Å². The Morgan fingerprint density at radius 2 is 1.19 bits per heavy atom. The fraction of sp³-hybridized carbons (Fsp3) is 0.800. The Hall–Kier alpha value is -0.910. The molecular weight excluding hydrogens is 330 g/mol. The summed E-state index contributed by atoms with van der Waals surface area (Å²) >= 11 is 3.34. The normalized spacial score (nSPS) is 10.6. The van der Waals surface area contributed by atoms with Gasteiger partial charge in [0, 0.05) is 13.1 Å². The lowest BCUT2D eigenvalue weighted by molar-refractivity contribution is 0.680. The Morgan fingerprint density at radius 3 is 1.62 bits per heavy atom. The van der Waals surface area contributed by atoms with Gasteiger partial charge in [0.05, 0.1) is 0 Å². The fourth-order valence-electron chi connectivity index (χ4n) is 2.01. The zero-order chi connectivity index (χ0) is 15.3. The van der Waals surface area contributed by atoms with Crippen molar-refractivity contribution < 1.29 is 0 Å². The standard InChI is InChI=1S/C15H28BrN5/c1-3-5-7-9-11-17-14-19-13(16)20-15(21-14)18-12-10-8-6-4-2/h3-12H2,1-2H3,(H2,17,18,19,20,21). The predicted molar refractivity (Wildman–Crippen MR) is 92.8 cm³/mol. The average molecular weight is 358 g/mol. The summed E-state index contributed by atoms with van der Waals surface area (Å²) in [4.78, 5) is 12.9. The third kappa shape index (κ3) is 8.86. The van der Waals surface area contributed by atoms with E-state index in [1.54, 1.807) is 0 Å². The molecule has 1 aromatic rings. The zero-order valence-electron chi connectivity index (χ0n) is 13.3. The molecule has 120 valence electrons. The molecule has 0 aliphatic carbocycles. The van der Waals surface area contributed by atoms with E-state index < -0.39 is 0 Å². The summed E-state index contributed by atoms with van der Waals surface area (Å²) < 4.78 is 0.574. The molecule has 0 aromatic carbocycles. The van der Waals surface area contributed by atoms with Crippen LogP contribution in [-0.4, -0.2) is 28.0 Å². The Morgan fingerprint density at radius 1 is 0.714 bits per heavy atom. The van der Waals surface area contributed by atoms with Crippen molar-refractivity contribution in [3.05, 3.63) is 4.73 Å². The second-order valence-corrected chi connectivity index (χ2v) is 5.94. The van der Waals surface area contributed by atoms with E-state index in [-0.39, 0.29) is 0 Å². The first-order valence-electron chi connectivity index (χ1n) is 8.15. The number of aromatic nitrogens is 3. The van der Waals surface area contributed by atoms with Crippen LogP contribution in [0.4, 0.5) is 11.9 Å². The van der Waals surface area contributed by atoms with Crippen molar-refractivity contribution in [2.75, 3.05) is 23.7 Å². The number of anilines is 2. The summed E-state index contributed by atoms with van der Waals surface area (Å²) in [6, 6.07) is 0. The van der Waals surface area contributed by atoms with Gasteiger partial charge in [-0.25, -0.2) is 0 Å². The van der Waals surface area contributed by atoms with Gasteiger partial charge in [-0.15, -0.1) is 0 Å². The van der Waals surface area contributed by atoms with Gasteiger partial charge in [0.1, 0.15) is 0 Å². The van der Waals surface area contributed by atoms with Gasteiger partial charge in [0.2, 0.25) is 16.6 Å². The lowest BCUT2D eigenvalue weighted by Gasteiger charge is -2.08. The fourth-order valence-corrected chi connectivity index (χ4v) is 2.35. The first kappa shape index (κ1) is 18.1. The summed E-state index contributed by atoms with van der Waals surface area (Å²) in [5, 5.41) is 6.53. The van der Waals surface area contributed by atoms with Crippen LogP contribution in [0.2, 0.25) is 0 Å². The molecule has 0 aliphatic heterocycles. The maximum atomic E-state index is 4.39. The van der Waals surface area contributed by atoms with Gasteiger partial charge < -0.3 is 10.6 Å². The minimum Gasteiger partial charge on any atom is -0.354 e. The van der Waals surface area contributed by atoms with Crippen LogP contribution in [0.25, 0.3) is 0 Å². The number of nitrogens with one attached hydrogen (secondary N) is 2. The molecule has 0 aliphatic rings. The lowest BCUT2D eigenvalue weighted by Crippen LogP contribution is -2.11.